The predicted molar refractivity (Wildman–Crippen MR) is 95.6 cm³/mol. The second-order valence-electron chi connectivity index (χ2n) is 6.78. The van der Waals surface area contributed by atoms with Gasteiger partial charge in [0.15, 0.2) is 0 Å². The van der Waals surface area contributed by atoms with E-state index in [4.69, 9.17) is 0 Å². The number of aliphatic hydroxyl groups is 1. The fourth-order valence-corrected chi connectivity index (χ4v) is 3.04. The summed E-state index contributed by atoms with van der Waals surface area (Å²) in [4.78, 5) is 5.68. The summed E-state index contributed by atoms with van der Waals surface area (Å²) in [5.41, 5.74) is 2.15. The maximum atomic E-state index is 12.6. The van der Waals surface area contributed by atoms with Crippen molar-refractivity contribution in [2.45, 2.75) is 45.1 Å². The standard InChI is InChI=1S/C19H23F3N4O/c1-2-17(27)13-26-12-16(10-24-26)15-5-7-25(8-6-15)11-14-3-4-18(23-9-14)19(20,21)22/h3-5,9-10,12,17,27H,2,6-8,11,13H2,1H3. The van der Waals surface area contributed by atoms with Gasteiger partial charge in [-0.2, -0.15) is 18.3 Å². The summed E-state index contributed by atoms with van der Waals surface area (Å²) in [5, 5.41) is 14.0. The fourth-order valence-electron chi connectivity index (χ4n) is 3.04. The van der Waals surface area contributed by atoms with Crippen LogP contribution in [0.2, 0.25) is 0 Å². The van der Waals surface area contributed by atoms with Crippen LogP contribution >= 0.6 is 0 Å². The van der Waals surface area contributed by atoms with E-state index in [0.29, 0.717) is 19.5 Å². The Bertz CT molecular complexity index is 783. The Kier molecular flexibility index (Phi) is 5.96. The van der Waals surface area contributed by atoms with Crippen LogP contribution in [0.4, 0.5) is 13.2 Å². The van der Waals surface area contributed by atoms with Crippen molar-refractivity contribution in [2.24, 2.45) is 0 Å². The normalized spacial score (nSPS) is 17.0. The minimum absolute atomic E-state index is 0.397. The monoisotopic (exact) mass is 380 g/mol. The molecule has 0 radical (unpaired) electrons. The van der Waals surface area contributed by atoms with Gasteiger partial charge in [0.1, 0.15) is 5.69 Å². The topological polar surface area (TPSA) is 54.2 Å². The first-order valence-corrected chi connectivity index (χ1v) is 8.99. The molecule has 146 valence electrons. The van der Waals surface area contributed by atoms with Crippen molar-refractivity contribution in [2.75, 3.05) is 13.1 Å². The Morgan fingerprint density at radius 1 is 1.26 bits per heavy atom. The molecular weight excluding hydrogens is 357 g/mol. The molecule has 5 nitrogen and oxygen atoms in total. The summed E-state index contributed by atoms with van der Waals surface area (Å²) in [6.07, 6.45) is 3.90. The van der Waals surface area contributed by atoms with Crippen LogP contribution in [0, 0.1) is 0 Å². The number of nitrogens with zero attached hydrogens (tertiary/aromatic N) is 4. The minimum Gasteiger partial charge on any atom is -0.391 e. The number of rotatable bonds is 6. The van der Waals surface area contributed by atoms with E-state index in [1.54, 1.807) is 4.68 Å². The van der Waals surface area contributed by atoms with Crippen molar-refractivity contribution < 1.29 is 18.3 Å². The van der Waals surface area contributed by atoms with E-state index in [0.717, 1.165) is 36.7 Å². The Morgan fingerprint density at radius 3 is 2.67 bits per heavy atom. The first-order chi connectivity index (χ1) is 12.8. The second kappa shape index (κ2) is 8.22. The van der Waals surface area contributed by atoms with Gasteiger partial charge in [0.2, 0.25) is 0 Å². The van der Waals surface area contributed by atoms with Crippen LogP contribution in [0.25, 0.3) is 5.57 Å². The molecule has 27 heavy (non-hydrogen) atoms. The average molecular weight is 380 g/mol. The lowest BCUT2D eigenvalue weighted by atomic mass is 10.0. The molecular formula is C19H23F3N4O. The molecule has 1 unspecified atom stereocenters. The largest absolute Gasteiger partial charge is 0.433 e. The van der Waals surface area contributed by atoms with Crippen LogP contribution < -0.4 is 0 Å². The van der Waals surface area contributed by atoms with Gasteiger partial charge in [-0.25, -0.2) is 0 Å². The zero-order valence-electron chi connectivity index (χ0n) is 15.2. The molecule has 3 heterocycles. The molecule has 0 bridgehead atoms. The molecule has 0 fully saturated rings. The number of hydrogen-bond donors (Lipinski definition) is 1. The maximum Gasteiger partial charge on any atom is 0.433 e. The zero-order chi connectivity index (χ0) is 19.4. The van der Waals surface area contributed by atoms with Crippen molar-refractivity contribution in [3.63, 3.8) is 0 Å². The summed E-state index contributed by atoms with van der Waals surface area (Å²) in [6.45, 7) is 4.52. The molecule has 0 aliphatic carbocycles. The van der Waals surface area contributed by atoms with Crippen LogP contribution in [0.3, 0.4) is 0 Å². The number of halogens is 3. The predicted octanol–water partition coefficient (Wildman–Crippen LogP) is 3.36. The van der Waals surface area contributed by atoms with E-state index < -0.39 is 18.0 Å². The van der Waals surface area contributed by atoms with Crippen LogP contribution in [-0.2, 0) is 19.3 Å². The molecule has 0 amide bonds. The first-order valence-electron chi connectivity index (χ1n) is 8.99. The van der Waals surface area contributed by atoms with Crippen molar-refractivity contribution in [1.29, 1.82) is 0 Å². The molecule has 0 saturated carbocycles. The highest BCUT2D eigenvalue weighted by Gasteiger charge is 2.32. The van der Waals surface area contributed by atoms with Crippen molar-refractivity contribution in [3.05, 3.63) is 53.6 Å². The molecule has 2 aromatic rings. The van der Waals surface area contributed by atoms with Gasteiger partial charge in [-0.05, 0) is 30.0 Å². The smallest absolute Gasteiger partial charge is 0.391 e. The Balaban J connectivity index is 1.57. The summed E-state index contributed by atoms with van der Waals surface area (Å²) < 4.78 is 39.5. The summed E-state index contributed by atoms with van der Waals surface area (Å²) in [5.74, 6) is 0. The zero-order valence-corrected chi connectivity index (χ0v) is 15.2. The third-order valence-corrected chi connectivity index (χ3v) is 4.69. The molecule has 8 heteroatoms. The lowest BCUT2D eigenvalue weighted by molar-refractivity contribution is -0.141. The molecule has 1 atom stereocenters. The number of alkyl halides is 3. The lowest BCUT2D eigenvalue weighted by Crippen LogP contribution is -2.28. The van der Waals surface area contributed by atoms with E-state index >= 15 is 0 Å². The first kappa shape index (κ1) is 19.6. The quantitative estimate of drug-likeness (QED) is 0.835. The molecule has 0 saturated heterocycles. The molecule has 2 aromatic heterocycles. The third kappa shape index (κ3) is 5.17. The van der Waals surface area contributed by atoms with E-state index in [1.807, 2.05) is 19.3 Å². The number of hydrogen-bond acceptors (Lipinski definition) is 4. The number of aromatic nitrogens is 3. The van der Waals surface area contributed by atoms with E-state index in [9.17, 15) is 18.3 Å². The maximum absolute atomic E-state index is 12.6. The molecule has 1 N–H and O–H groups in total. The Labute approximate surface area is 156 Å². The van der Waals surface area contributed by atoms with Crippen LogP contribution in [0.1, 0.15) is 36.6 Å². The molecule has 0 spiro atoms. The van der Waals surface area contributed by atoms with Gasteiger partial charge in [-0.3, -0.25) is 14.6 Å². The van der Waals surface area contributed by atoms with Gasteiger partial charge in [0.25, 0.3) is 0 Å². The van der Waals surface area contributed by atoms with E-state index in [1.165, 1.54) is 17.8 Å². The highest BCUT2D eigenvalue weighted by molar-refractivity contribution is 5.65. The summed E-state index contributed by atoms with van der Waals surface area (Å²) >= 11 is 0. The molecule has 3 rings (SSSR count). The van der Waals surface area contributed by atoms with Gasteiger partial charge in [-0.1, -0.05) is 19.1 Å². The fraction of sp³-hybridized carbons (Fsp3) is 0.474. The van der Waals surface area contributed by atoms with Crippen LogP contribution in [-0.4, -0.2) is 44.0 Å². The minimum atomic E-state index is -4.40. The van der Waals surface area contributed by atoms with E-state index in [-0.39, 0.29) is 0 Å². The molecule has 0 aromatic carbocycles. The van der Waals surface area contributed by atoms with Gasteiger partial charge >= 0.3 is 6.18 Å². The van der Waals surface area contributed by atoms with Gasteiger partial charge in [-0.15, -0.1) is 0 Å². The van der Waals surface area contributed by atoms with Gasteiger partial charge in [0.05, 0.1) is 18.8 Å². The van der Waals surface area contributed by atoms with Crippen molar-refractivity contribution >= 4 is 5.57 Å². The SMILES string of the molecule is CCC(O)Cn1cc(C2=CCN(Cc3ccc(C(F)(F)F)nc3)CC2)cn1. The average Bonchev–Trinajstić information content (AvgIpc) is 3.10. The Hall–Kier alpha value is -2.19. The number of aliphatic hydroxyl groups excluding tert-OH is 1. The number of pyridine rings is 1. The van der Waals surface area contributed by atoms with Gasteiger partial charge < -0.3 is 5.11 Å². The highest BCUT2D eigenvalue weighted by atomic mass is 19.4. The lowest BCUT2D eigenvalue weighted by Gasteiger charge is -2.26. The van der Waals surface area contributed by atoms with E-state index in [2.05, 4.69) is 21.1 Å². The van der Waals surface area contributed by atoms with Crippen LogP contribution in [0.15, 0.2) is 36.8 Å². The summed E-state index contributed by atoms with van der Waals surface area (Å²) in [7, 11) is 0. The second-order valence-corrected chi connectivity index (χ2v) is 6.78. The van der Waals surface area contributed by atoms with Crippen molar-refractivity contribution in [3.8, 4) is 0 Å². The third-order valence-electron chi connectivity index (χ3n) is 4.69. The summed E-state index contributed by atoms with van der Waals surface area (Å²) in [6, 6.07) is 2.51. The Morgan fingerprint density at radius 2 is 2.07 bits per heavy atom. The van der Waals surface area contributed by atoms with Gasteiger partial charge in [0, 0.05) is 37.6 Å². The van der Waals surface area contributed by atoms with Crippen molar-refractivity contribution in [1.82, 2.24) is 19.7 Å². The highest BCUT2D eigenvalue weighted by Crippen LogP contribution is 2.28. The van der Waals surface area contributed by atoms with Crippen LogP contribution in [0.5, 0.6) is 0 Å². The molecule has 1 aliphatic heterocycles. The molecule has 1 aliphatic rings.